The zero-order chi connectivity index (χ0) is 17.9. The molecule has 1 aromatic heterocycles. The summed E-state index contributed by atoms with van der Waals surface area (Å²) < 4.78 is 5.32. The molecule has 1 aliphatic carbocycles. The van der Waals surface area contributed by atoms with E-state index in [0.717, 1.165) is 4.90 Å². The Morgan fingerprint density at radius 1 is 0.920 bits per heavy atom. The van der Waals surface area contributed by atoms with Crippen LogP contribution in [0.25, 0.3) is 0 Å². The van der Waals surface area contributed by atoms with E-state index in [2.05, 4.69) is 0 Å². The second-order valence-electron chi connectivity index (χ2n) is 7.19. The minimum atomic E-state index is -0.793. The largest absolute Gasteiger partial charge is 0.426 e. The molecule has 0 N–H and O–H groups in total. The standard InChI is InChI=1S/C19H15NO5/c1-19(2)8-14(21)12-7-13(18(24)25-15(12)9-19)20-16(22)10-5-3-4-6-11(10)17(20)23/h3-7H,8-9H2,1-2H3. The molecule has 0 atom stereocenters. The fraction of sp³-hybridized carbons (Fsp3) is 0.263. The van der Waals surface area contributed by atoms with Gasteiger partial charge in [0.2, 0.25) is 0 Å². The fourth-order valence-corrected chi connectivity index (χ4v) is 3.45. The lowest BCUT2D eigenvalue weighted by atomic mass is 9.76. The van der Waals surface area contributed by atoms with Gasteiger partial charge in [0.25, 0.3) is 11.8 Å². The molecule has 4 rings (SSSR count). The number of Topliss-reactive ketones (excluding diaryl/α,β-unsaturated/α-hetero) is 1. The lowest BCUT2D eigenvalue weighted by Gasteiger charge is -2.29. The Bertz CT molecular complexity index is 980. The van der Waals surface area contributed by atoms with Gasteiger partial charge in [-0.2, -0.15) is 0 Å². The smallest absolute Gasteiger partial charge is 0.360 e. The Balaban J connectivity index is 1.85. The van der Waals surface area contributed by atoms with Crippen molar-refractivity contribution in [3.8, 4) is 0 Å². The highest BCUT2D eigenvalue weighted by molar-refractivity contribution is 6.34. The van der Waals surface area contributed by atoms with Crippen molar-refractivity contribution >= 4 is 23.3 Å². The summed E-state index contributed by atoms with van der Waals surface area (Å²) in [6.07, 6.45) is 0.765. The molecule has 0 unspecified atom stereocenters. The number of fused-ring (bicyclic) bond motifs is 2. The van der Waals surface area contributed by atoms with Crippen molar-refractivity contribution in [1.82, 2.24) is 0 Å². The molecule has 2 amide bonds. The van der Waals surface area contributed by atoms with Gasteiger partial charge in [-0.1, -0.05) is 26.0 Å². The number of benzene rings is 1. The first kappa shape index (κ1) is 15.5. The summed E-state index contributed by atoms with van der Waals surface area (Å²) in [7, 11) is 0. The monoisotopic (exact) mass is 337 g/mol. The molecule has 25 heavy (non-hydrogen) atoms. The van der Waals surface area contributed by atoms with Gasteiger partial charge in [-0.05, 0) is 23.6 Å². The predicted molar refractivity (Wildman–Crippen MR) is 89.0 cm³/mol. The molecule has 0 saturated carbocycles. The van der Waals surface area contributed by atoms with Crippen LogP contribution >= 0.6 is 0 Å². The maximum absolute atomic E-state index is 12.6. The van der Waals surface area contributed by atoms with E-state index in [9.17, 15) is 19.2 Å². The van der Waals surface area contributed by atoms with Crippen molar-refractivity contribution in [1.29, 1.82) is 0 Å². The zero-order valence-electron chi connectivity index (χ0n) is 13.8. The number of ketones is 1. The van der Waals surface area contributed by atoms with Crippen LogP contribution in [0.5, 0.6) is 0 Å². The summed E-state index contributed by atoms with van der Waals surface area (Å²) in [4.78, 5) is 50.7. The van der Waals surface area contributed by atoms with Gasteiger partial charge in [-0.15, -0.1) is 0 Å². The van der Waals surface area contributed by atoms with Crippen molar-refractivity contribution in [3.63, 3.8) is 0 Å². The second kappa shape index (κ2) is 4.99. The van der Waals surface area contributed by atoms with Crippen molar-refractivity contribution in [2.45, 2.75) is 26.7 Å². The molecule has 0 saturated heterocycles. The van der Waals surface area contributed by atoms with E-state index in [1.807, 2.05) is 13.8 Å². The average molecular weight is 337 g/mol. The van der Waals surface area contributed by atoms with E-state index in [1.54, 1.807) is 12.1 Å². The summed E-state index contributed by atoms with van der Waals surface area (Å²) in [6, 6.07) is 7.68. The first-order chi connectivity index (χ1) is 11.8. The van der Waals surface area contributed by atoms with E-state index in [-0.39, 0.29) is 33.6 Å². The van der Waals surface area contributed by atoms with E-state index in [4.69, 9.17) is 4.42 Å². The van der Waals surface area contributed by atoms with Crippen LogP contribution < -0.4 is 10.5 Å². The highest BCUT2D eigenvalue weighted by atomic mass is 16.4. The first-order valence-corrected chi connectivity index (χ1v) is 7.96. The normalized spacial score (nSPS) is 18.3. The minimum absolute atomic E-state index is 0.159. The number of carbonyl (C=O) groups is 3. The average Bonchev–Trinajstić information content (AvgIpc) is 2.78. The second-order valence-corrected chi connectivity index (χ2v) is 7.19. The number of nitrogens with zero attached hydrogens (tertiary/aromatic N) is 1. The van der Waals surface area contributed by atoms with Gasteiger partial charge in [-0.25, -0.2) is 9.69 Å². The third-order valence-corrected chi connectivity index (χ3v) is 4.62. The predicted octanol–water partition coefficient (Wildman–Crippen LogP) is 2.60. The SMILES string of the molecule is CC1(C)CC(=O)c2cc(N3C(=O)c4ccccc4C3=O)c(=O)oc2C1. The van der Waals surface area contributed by atoms with Crippen molar-refractivity contribution in [3.05, 3.63) is 63.2 Å². The Morgan fingerprint density at radius 2 is 1.52 bits per heavy atom. The van der Waals surface area contributed by atoms with Crippen LogP contribution in [0, 0.1) is 5.41 Å². The topological polar surface area (TPSA) is 84.7 Å². The Kier molecular flexibility index (Phi) is 3.09. The Hall–Kier alpha value is -3.02. The molecule has 2 aliphatic rings. The number of amides is 2. The molecule has 1 aliphatic heterocycles. The molecule has 1 aromatic carbocycles. The maximum atomic E-state index is 12.6. The van der Waals surface area contributed by atoms with Crippen LogP contribution in [-0.4, -0.2) is 17.6 Å². The molecule has 0 spiro atoms. The molecular weight excluding hydrogens is 322 g/mol. The van der Waals surface area contributed by atoms with E-state index in [0.29, 0.717) is 18.6 Å². The van der Waals surface area contributed by atoms with Crippen LogP contribution in [0.2, 0.25) is 0 Å². The van der Waals surface area contributed by atoms with Crippen LogP contribution in [0.4, 0.5) is 5.69 Å². The molecule has 126 valence electrons. The van der Waals surface area contributed by atoms with Crippen LogP contribution in [0.15, 0.2) is 39.5 Å². The quantitative estimate of drug-likeness (QED) is 0.747. The highest BCUT2D eigenvalue weighted by Gasteiger charge is 2.40. The summed E-state index contributed by atoms with van der Waals surface area (Å²) in [5.74, 6) is -1.02. The van der Waals surface area contributed by atoms with Crippen molar-refractivity contribution in [2.24, 2.45) is 5.41 Å². The zero-order valence-corrected chi connectivity index (χ0v) is 13.8. The molecule has 0 bridgehead atoms. The lowest BCUT2D eigenvalue weighted by Crippen LogP contribution is -2.35. The van der Waals surface area contributed by atoms with E-state index >= 15 is 0 Å². The van der Waals surface area contributed by atoms with Crippen LogP contribution in [-0.2, 0) is 6.42 Å². The van der Waals surface area contributed by atoms with E-state index < -0.39 is 17.4 Å². The highest BCUT2D eigenvalue weighted by Crippen LogP contribution is 2.36. The summed E-state index contributed by atoms with van der Waals surface area (Å²) in [5.41, 5.74) is -0.562. The fourth-order valence-electron chi connectivity index (χ4n) is 3.45. The van der Waals surface area contributed by atoms with Gasteiger partial charge in [-0.3, -0.25) is 14.4 Å². The molecule has 0 fully saturated rings. The van der Waals surface area contributed by atoms with Gasteiger partial charge < -0.3 is 4.42 Å². The van der Waals surface area contributed by atoms with Crippen molar-refractivity contribution in [2.75, 3.05) is 4.90 Å². The molecule has 6 nitrogen and oxygen atoms in total. The number of hydrogen-bond donors (Lipinski definition) is 0. The van der Waals surface area contributed by atoms with Gasteiger partial charge >= 0.3 is 5.63 Å². The summed E-state index contributed by atoms with van der Waals surface area (Å²) in [5, 5.41) is 0. The Labute approximate surface area is 143 Å². The number of hydrogen-bond acceptors (Lipinski definition) is 5. The number of rotatable bonds is 1. The first-order valence-electron chi connectivity index (χ1n) is 7.96. The third-order valence-electron chi connectivity index (χ3n) is 4.62. The molecule has 0 radical (unpaired) electrons. The number of anilines is 1. The minimum Gasteiger partial charge on any atom is -0.426 e. The number of imide groups is 1. The summed E-state index contributed by atoms with van der Waals surface area (Å²) >= 11 is 0. The van der Waals surface area contributed by atoms with Gasteiger partial charge in [0.05, 0.1) is 16.7 Å². The Morgan fingerprint density at radius 3 is 2.12 bits per heavy atom. The van der Waals surface area contributed by atoms with Crippen molar-refractivity contribution < 1.29 is 18.8 Å². The van der Waals surface area contributed by atoms with Gasteiger partial charge in [0.15, 0.2) is 5.78 Å². The van der Waals surface area contributed by atoms with Gasteiger partial charge in [0, 0.05) is 12.8 Å². The maximum Gasteiger partial charge on any atom is 0.360 e. The molecule has 2 heterocycles. The van der Waals surface area contributed by atoms with Crippen LogP contribution in [0.3, 0.4) is 0 Å². The summed E-state index contributed by atoms with van der Waals surface area (Å²) in [6.45, 7) is 3.85. The lowest BCUT2D eigenvalue weighted by molar-refractivity contribution is 0.0886. The third kappa shape index (κ3) is 2.25. The van der Waals surface area contributed by atoms with E-state index in [1.165, 1.54) is 18.2 Å². The number of carbonyl (C=O) groups excluding carboxylic acids is 3. The molecule has 6 heteroatoms. The molecule has 2 aromatic rings. The van der Waals surface area contributed by atoms with Crippen LogP contribution in [0.1, 0.15) is 57.1 Å². The molecular formula is C19H15NO5. The van der Waals surface area contributed by atoms with Gasteiger partial charge in [0.1, 0.15) is 11.4 Å².